The smallest absolute Gasteiger partial charge is 0.247 e. The molecule has 1 heterocycles. The molecule has 10 heteroatoms. The van der Waals surface area contributed by atoms with Crippen LogP contribution in [-0.4, -0.2) is 51.5 Å². The Balaban J connectivity index is 1.82. The topological polar surface area (TPSA) is 98.6 Å². The van der Waals surface area contributed by atoms with Gasteiger partial charge in [-0.3, -0.25) is 9.59 Å². The molecule has 1 atom stereocenters. The summed E-state index contributed by atoms with van der Waals surface area (Å²) in [5.41, 5.74) is 1.90. The summed E-state index contributed by atoms with van der Waals surface area (Å²) in [5, 5.41) is 11.3. The van der Waals surface area contributed by atoms with Crippen LogP contribution in [0.15, 0.2) is 66.7 Å². The lowest BCUT2D eigenvalue weighted by molar-refractivity contribution is -0.142. The molecule has 39 heavy (non-hydrogen) atoms. The standard InChI is InChI=1S/C29H32FN5O4/c1-29(2,3)31-28(37)27(20-14-22(38-4)16-23(15-20)39-5)34(17-19-10-12-21(30)13-11-19)26(36)18-35-25-9-7-6-8-24(25)32-33-35/h6-16,27H,17-18H2,1-5H3,(H,31,37). The molecule has 0 radical (unpaired) electrons. The van der Waals surface area contributed by atoms with Gasteiger partial charge in [0.2, 0.25) is 11.8 Å². The van der Waals surface area contributed by atoms with Gasteiger partial charge in [0.15, 0.2) is 0 Å². The molecule has 204 valence electrons. The van der Waals surface area contributed by atoms with Crippen molar-refractivity contribution >= 4 is 22.8 Å². The van der Waals surface area contributed by atoms with Crippen molar-refractivity contribution in [3.05, 3.63) is 83.7 Å². The van der Waals surface area contributed by atoms with Gasteiger partial charge in [-0.25, -0.2) is 9.07 Å². The van der Waals surface area contributed by atoms with Gasteiger partial charge in [0.1, 0.15) is 35.4 Å². The molecule has 0 spiro atoms. The van der Waals surface area contributed by atoms with Crippen LogP contribution in [-0.2, 0) is 22.7 Å². The number of rotatable bonds is 9. The normalized spacial score (nSPS) is 12.2. The summed E-state index contributed by atoms with van der Waals surface area (Å²) in [6, 6.07) is 17.1. The second-order valence-electron chi connectivity index (χ2n) is 10.2. The number of carbonyl (C=O) groups is 2. The summed E-state index contributed by atoms with van der Waals surface area (Å²) < 4.78 is 26.1. The molecular formula is C29H32FN5O4. The minimum absolute atomic E-state index is 0.0352. The number of hydrogen-bond acceptors (Lipinski definition) is 6. The van der Waals surface area contributed by atoms with Crippen LogP contribution in [0.2, 0.25) is 0 Å². The summed E-state index contributed by atoms with van der Waals surface area (Å²) in [4.78, 5) is 29.4. The zero-order chi connectivity index (χ0) is 28.2. The zero-order valence-corrected chi connectivity index (χ0v) is 22.6. The monoisotopic (exact) mass is 533 g/mol. The van der Waals surface area contributed by atoms with Gasteiger partial charge in [0.25, 0.3) is 0 Å². The fraction of sp³-hybridized carbons (Fsp3) is 0.310. The average molecular weight is 534 g/mol. The number of carbonyl (C=O) groups excluding carboxylic acids is 2. The highest BCUT2D eigenvalue weighted by atomic mass is 19.1. The van der Waals surface area contributed by atoms with Gasteiger partial charge in [-0.15, -0.1) is 5.10 Å². The lowest BCUT2D eigenvalue weighted by atomic mass is 10.00. The van der Waals surface area contributed by atoms with Gasteiger partial charge < -0.3 is 19.7 Å². The van der Waals surface area contributed by atoms with Crippen LogP contribution in [0.1, 0.15) is 37.9 Å². The van der Waals surface area contributed by atoms with Gasteiger partial charge >= 0.3 is 0 Å². The average Bonchev–Trinajstić information content (AvgIpc) is 3.30. The Morgan fingerprint density at radius 3 is 2.26 bits per heavy atom. The largest absolute Gasteiger partial charge is 0.497 e. The molecule has 0 saturated carbocycles. The third-order valence-electron chi connectivity index (χ3n) is 6.04. The van der Waals surface area contributed by atoms with Crippen molar-refractivity contribution in [1.29, 1.82) is 0 Å². The number of nitrogens with zero attached hydrogens (tertiary/aromatic N) is 4. The molecule has 0 saturated heterocycles. The van der Waals surface area contributed by atoms with E-state index in [-0.39, 0.29) is 19.0 Å². The van der Waals surface area contributed by atoms with Gasteiger partial charge in [0, 0.05) is 18.2 Å². The maximum atomic E-state index is 14.0. The van der Waals surface area contributed by atoms with E-state index in [1.807, 2.05) is 45.0 Å². The molecule has 0 aliphatic carbocycles. The lowest BCUT2D eigenvalue weighted by Gasteiger charge is -2.34. The fourth-order valence-corrected chi connectivity index (χ4v) is 4.26. The maximum absolute atomic E-state index is 14.0. The minimum atomic E-state index is -1.07. The first-order valence-corrected chi connectivity index (χ1v) is 12.4. The van der Waals surface area contributed by atoms with Crippen LogP contribution in [0.25, 0.3) is 11.0 Å². The van der Waals surface area contributed by atoms with E-state index < -0.39 is 23.3 Å². The molecule has 0 fully saturated rings. The second kappa shape index (κ2) is 11.5. The van der Waals surface area contributed by atoms with Crippen LogP contribution in [0.4, 0.5) is 4.39 Å². The molecular weight excluding hydrogens is 501 g/mol. The highest BCUT2D eigenvalue weighted by Gasteiger charge is 2.34. The van der Waals surface area contributed by atoms with Crippen molar-refractivity contribution in [2.24, 2.45) is 0 Å². The first-order valence-electron chi connectivity index (χ1n) is 12.4. The summed E-state index contributed by atoms with van der Waals surface area (Å²) in [5.74, 6) is -0.239. The number of hydrogen-bond donors (Lipinski definition) is 1. The molecule has 2 amide bonds. The molecule has 0 aliphatic heterocycles. The van der Waals surface area contributed by atoms with Crippen LogP contribution in [0.5, 0.6) is 11.5 Å². The molecule has 0 aliphatic rings. The third kappa shape index (κ3) is 6.70. The van der Waals surface area contributed by atoms with Gasteiger partial charge in [-0.2, -0.15) is 0 Å². The molecule has 1 aromatic heterocycles. The number of benzene rings is 3. The maximum Gasteiger partial charge on any atom is 0.247 e. The molecule has 1 N–H and O–H groups in total. The Kier molecular flexibility index (Phi) is 8.13. The molecule has 0 bridgehead atoms. The van der Waals surface area contributed by atoms with Crippen molar-refractivity contribution in [3.63, 3.8) is 0 Å². The number of fused-ring (bicyclic) bond motifs is 1. The van der Waals surface area contributed by atoms with Crippen molar-refractivity contribution < 1.29 is 23.5 Å². The van der Waals surface area contributed by atoms with E-state index in [4.69, 9.17) is 9.47 Å². The highest BCUT2D eigenvalue weighted by Crippen LogP contribution is 2.32. The number of amides is 2. The summed E-state index contributed by atoms with van der Waals surface area (Å²) >= 11 is 0. The Morgan fingerprint density at radius 2 is 1.64 bits per heavy atom. The van der Waals surface area contributed by atoms with Crippen LogP contribution in [0.3, 0.4) is 0 Å². The molecule has 4 rings (SSSR count). The Labute approximate surface area is 226 Å². The first-order chi connectivity index (χ1) is 18.6. The number of para-hydroxylation sites is 1. The predicted octanol–water partition coefficient (Wildman–Crippen LogP) is 4.27. The summed E-state index contributed by atoms with van der Waals surface area (Å²) in [6.07, 6.45) is 0. The Bertz CT molecular complexity index is 1440. The number of halogens is 1. The number of aromatic nitrogens is 3. The predicted molar refractivity (Wildman–Crippen MR) is 145 cm³/mol. The van der Waals surface area contributed by atoms with Crippen LogP contribution < -0.4 is 14.8 Å². The van der Waals surface area contributed by atoms with E-state index in [2.05, 4.69) is 15.6 Å². The molecule has 9 nitrogen and oxygen atoms in total. The Morgan fingerprint density at radius 1 is 1.00 bits per heavy atom. The molecule has 4 aromatic rings. The van der Waals surface area contributed by atoms with Crippen LogP contribution >= 0.6 is 0 Å². The van der Waals surface area contributed by atoms with Gasteiger partial charge in [0.05, 0.1) is 19.7 Å². The Hall–Kier alpha value is -4.47. The van der Waals surface area contributed by atoms with E-state index >= 15 is 0 Å². The number of methoxy groups -OCH3 is 2. The first kappa shape index (κ1) is 27.6. The van der Waals surface area contributed by atoms with E-state index in [0.717, 1.165) is 0 Å². The van der Waals surface area contributed by atoms with Crippen molar-refractivity contribution in [2.45, 2.75) is 45.4 Å². The minimum Gasteiger partial charge on any atom is -0.497 e. The van der Waals surface area contributed by atoms with E-state index in [1.165, 1.54) is 35.9 Å². The highest BCUT2D eigenvalue weighted by molar-refractivity contribution is 5.89. The van der Waals surface area contributed by atoms with E-state index in [9.17, 15) is 14.0 Å². The second-order valence-corrected chi connectivity index (χ2v) is 10.2. The van der Waals surface area contributed by atoms with E-state index in [1.54, 1.807) is 30.3 Å². The van der Waals surface area contributed by atoms with Gasteiger partial charge in [-0.1, -0.05) is 29.5 Å². The quantitative estimate of drug-likeness (QED) is 0.345. The third-order valence-corrected chi connectivity index (χ3v) is 6.04. The van der Waals surface area contributed by atoms with Crippen molar-refractivity contribution in [3.8, 4) is 11.5 Å². The lowest BCUT2D eigenvalue weighted by Crippen LogP contribution is -2.49. The van der Waals surface area contributed by atoms with Crippen LogP contribution in [0, 0.1) is 5.82 Å². The number of nitrogens with one attached hydrogen (secondary N) is 1. The van der Waals surface area contributed by atoms with Crippen molar-refractivity contribution in [1.82, 2.24) is 25.2 Å². The SMILES string of the molecule is COc1cc(OC)cc(C(C(=O)NC(C)(C)C)N(Cc2ccc(F)cc2)C(=O)Cn2nnc3ccccc32)c1. The molecule has 1 unspecified atom stereocenters. The molecule has 3 aromatic carbocycles. The van der Waals surface area contributed by atoms with Crippen molar-refractivity contribution in [2.75, 3.05) is 14.2 Å². The fourth-order valence-electron chi connectivity index (χ4n) is 4.26. The van der Waals surface area contributed by atoms with E-state index in [0.29, 0.717) is 33.7 Å². The van der Waals surface area contributed by atoms with Gasteiger partial charge in [-0.05, 0) is 68.3 Å². The summed E-state index contributed by atoms with van der Waals surface area (Å²) in [7, 11) is 3.03. The zero-order valence-electron chi connectivity index (χ0n) is 22.6. The summed E-state index contributed by atoms with van der Waals surface area (Å²) in [6.45, 7) is 5.46. The number of ether oxygens (including phenoxy) is 2.